The SMILES string of the molecule is CCSC(SCC)[C@H](OCc1ccccc1)[C@@H](C)[C@@H](C)[C@H](OCc1ccc(OC)cc1)C(=O)N1C(=O)OC[C@H]1Cc1ccccc1.CCS[C@H]1OC(C(=O)N2C(=O)OC[C@H]2Cc2ccccc2)[C@H](C)[C@H](C)C1C. The van der Waals surface area contributed by atoms with E-state index >= 15 is 0 Å². The summed E-state index contributed by atoms with van der Waals surface area (Å²) in [6.45, 7) is 18.0. The van der Waals surface area contributed by atoms with E-state index in [-0.39, 0.29) is 71.6 Å². The van der Waals surface area contributed by atoms with Crippen LogP contribution in [-0.2, 0) is 59.3 Å². The van der Waals surface area contributed by atoms with Gasteiger partial charge in [-0.2, -0.15) is 0 Å². The van der Waals surface area contributed by atoms with Crippen molar-refractivity contribution in [2.45, 2.75) is 122 Å². The molecule has 4 aromatic carbocycles. The third kappa shape index (κ3) is 15.5. The van der Waals surface area contributed by atoms with Crippen LogP contribution in [0.15, 0.2) is 115 Å². The molecule has 2 unspecified atom stereocenters. The lowest BCUT2D eigenvalue weighted by Gasteiger charge is -2.43. The average Bonchev–Trinajstić information content (AvgIpc) is 3.96. The van der Waals surface area contributed by atoms with Crippen LogP contribution in [0, 0.1) is 29.6 Å². The second-order valence-electron chi connectivity index (χ2n) is 19.1. The number of hydrogen-bond acceptors (Lipinski definition) is 13. The first-order valence-corrected chi connectivity index (χ1v) is 28.9. The summed E-state index contributed by atoms with van der Waals surface area (Å²) in [5.74, 6) is 3.31. The van der Waals surface area contributed by atoms with Crippen molar-refractivity contribution in [1.29, 1.82) is 0 Å². The fraction of sp³-hybridized carbons (Fsp3) is 0.517. The molecule has 3 aliphatic rings. The standard InChI is InChI=1S/C37H47NO6S2.C21H29NO4S/c1-6-45-36(46-7-2)34(43-23-29-16-12-9-13-17-29)27(4)26(3)33(42-24-30-18-20-32(41-5)21-19-30)35(39)38-31(25-44-37(38)40)22-28-14-10-8-11-15-28;1-5-27-20-15(4)13(2)14(3)18(26-20)19(23)22-17(12-25-21(22)24)11-16-9-7-6-8-10-16/h8-21,26-27,31,33-34,36H,6-7,22-25H2,1-5H3;6-10,13-15,17-18,20H,5,11-12H2,1-4H3/t26-,27+,31-,33+,34-;13-,14+,15?,17+,18?,20+/m10/s1. The minimum atomic E-state index is -0.900. The first-order valence-electron chi connectivity index (χ1n) is 25.8. The van der Waals surface area contributed by atoms with E-state index < -0.39 is 30.4 Å². The Hall–Kier alpha value is -4.51. The van der Waals surface area contributed by atoms with E-state index in [1.54, 1.807) is 18.9 Å². The highest BCUT2D eigenvalue weighted by Crippen LogP contribution is 2.41. The average molecular weight is 1060 g/mol. The number of benzene rings is 4. The summed E-state index contributed by atoms with van der Waals surface area (Å²) < 4.78 is 35.6. The van der Waals surface area contributed by atoms with E-state index in [9.17, 15) is 19.2 Å². The first kappa shape index (κ1) is 57.8. The second-order valence-corrected chi connectivity index (χ2v) is 23.6. The number of rotatable bonds is 23. The van der Waals surface area contributed by atoms with Crippen LogP contribution in [-0.4, -0.2) is 112 Å². The maximum absolute atomic E-state index is 14.5. The van der Waals surface area contributed by atoms with Crippen LogP contribution in [0.25, 0.3) is 0 Å². The zero-order chi connectivity index (χ0) is 52.4. The third-order valence-electron chi connectivity index (χ3n) is 14.3. The molecule has 0 aliphatic carbocycles. The molecule has 0 bridgehead atoms. The number of hydrogen-bond donors (Lipinski definition) is 0. The Labute approximate surface area is 446 Å². The van der Waals surface area contributed by atoms with Crippen LogP contribution in [0.5, 0.6) is 5.75 Å². The van der Waals surface area contributed by atoms with Crippen LogP contribution in [0.3, 0.4) is 0 Å². The van der Waals surface area contributed by atoms with Gasteiger partial charge < -0.3 is 28.4 Å². The van der Waals surface area contributed by atoms with E-state index in [1.807, 2.05) is 140 Å². The zero-order valence-electron chi connectivity index (χ0n) is 44.0. The molecule has 4 amide bonds. The quantitative estimate of drug-likeness (QED) is 0.0654. The minimum Gasteiger partial charge on any atom is -0.497 e. The van der Waals surface area contributed by atoms with Crippen LogP contribution in [0.2, 0.25) is 0 Å². The number of nitrogens with zero attached hydrogens (tertiary/aromatic N) is 2. The molecule has 15 heteroatoms. The van der Waals surface area contributed by atoms with E-state index in [0.717, 1.165) is 45.3 Å². The summed E-state index contributed by atoms with van der Waals surface area (Å²) in [5.41, 5.74) is 4.09. The zero-order valence-corrected chi connectivity index (χ0v) is 46.4. The normalized spacial score (nSPS) is 23.5. The Kier molecular flexibility index (Phi) is 22.9. The van der Waals surface area contributed by atoms with E-state index in [2.05, 4.69) is 53.7 Å². The molecule has 12 nitrogen and oxygen atoms in total. The Morgan fingerprint density at radius 3 is 1.63 bits per heavy atom. The molecule has 3 heterocycles. The highest BCUT2D eigenvalue weighted by Gasteiger charge is 2.49. The van der Waals surface area contributed by atoms with Crippen molar-refractivity contribution in [3.63, 3.8) is 0 Å². The highest BCUT2D eigenvalue weighted by molar-refractivity contribution is 8.17. The lowest BCUT2D eigenvalue weighted by atomic mass is 9.79. The fourth-order valence-corrected chi connectivity index (χ4v) is 13.6. The molecule has 396 valence electrons. The van der Waals surface area contributed by atoms with Crippen molar-refractivity contribution in [2.75, 3.05) is 37.6 Å². The van der Waals surface area contributed by atoms with Crippen LogP contribution >= 0.6 is 35.3 Å². The molecule has 3 fully saturated rings. The minimum absolute atomic E-state index is 0.0265. The van der Waals surface area contributed by atoms with Gasteiger partial charge >= 0.3 is 12.2 Å². The van der Waals surface area contributed by atoms with Gasteiger partial charge in [-0.15, -0.1) is 35.3 Å². The number of amides is 4. The molecule has 3 aliphatic heterocycles. The number of thioether (sulfide) groups is 3. The molecule has 7 rings (SSSR count). The molecular weight excluding hydrogens is 981 g/mol. The van der Waals surface area contributed by atoms with Gasteiger partial charge in [0.2, 0.25) is 0 Å². The van der Waals surface area contributed by atoms with Gasteiger partial charge in [-0.3, -0.25) is 9.59 Å². The van der Waals surface area contributed by atoms with E-state index in [4.69, 9.17) is 28.4 Å². The number of imide groups is 2. The van der Waals surface area contributed by atoms with Crippen LogP contribution in [0.4, 0.5) is 9.59 Å². The third-order valence-corrected chi connectivity index (χ3v) is 18.2. The Balaban J connectivity index is 0.000000272. The van der Waals surface area contributed by atoms with E-state index in [1.165, 1.54) is 9.80 Å². The number of methoxy groups -OCH3 is 1. The first-order chi connectivity index (χ1) is 35.3. The van der Waals surface area contributed by atoms with Gasteiger partial charge in [0.05, 0.1) is 43.1 Å². The summed E-state index contributed by atoms with van der Waals surface area (Å²) in [6.07, 6.45) is -1.75. The highest BCUT2D eigenvalue weighted by atomic mass is 32.2. The molecule has 0 N–H and O–H groups in total. The van der Waals surface area contributed by atoms with Crippen molar-refractivity contribution >= 4 is 59.3 Å². The topological polar surface area (TPSA) is 130 Å². The summed E-state index contributed by atoms with van der Waals surface area (Å²) in [5, 5.41) is 0. The van der Waals surface area contributed by atoms with Crippen LogP contribution in [0.1, 0.15) is 77.6 Å². The summed E-state index contributed by atoms with van der Waals surface area (Å²) >= 11 is 5.46. The molecular formula is C58H76N2O10S3. The van der Waals surface area contributed by atoms with Gasteiger partial charge in [-0.05, 0) is 94.1 Å². The lowest BCUT2D eigenvalue weighted by molar-refractivity contribution is -0.159. The maximum Gasteiger partial charge on any atom is 0.417 e. The lowest BCUT2D eigenvalue weighted by Crippen LogP contribution is -2.54. The van der Waals surface area contributed by atoms with Gasteiger partial charge in [0.25, 0.3) is 11.8 Å². The number of cyclic esters (lactones) is 2. The summed E-state index contributed by atoms with van der Waals surface area (Å²) in [4.78, 5) is 55.8. The van der Waals surface area contributed by atoms with Crippen molar-refractivity contribution in [2.24, 2.45) is 29.6 Å². The Bertz CT molecular complexity index is 2310. The Morgan fingerprint density at radius 1 is 0.616 bits per heavy atom. The number of carbonyl (C=O) groups is 4. The molecule has 3 saturated heterocycles. The maximum atomic E-state index is 14.5. The van der Waals surface area contributed by atoms with Crippen molar-refractivity contribution in [3.8, 4) is 5.75 Å². The molecule has 0 aromatic heterocycles. The fourth-order valence-electron chi connectivity index (χ4n) is 9.58. The number of ether oxygens (including phenoxy) is 6. The molecule has 4 aromatic rings. The molecule has 0 radical (unpaired) electrons. The van der Waals surface area contributed by atoms with Crippen molar-refractivity contribution < 1.29 is 47.6 Å². The summed E-state index contributed by atoms with van der Waals surface area (Å²) in [7, 11) is 1.63. The molecule has 0 saturated carbocycles. The predicted molar refractivity (Wildman–Crippen MR) is 294 cm³/mol. The van der Waals surface area contributed by atoms with Gasteiger partial charge in [0, 0.05) is 0 Å². The Morgan fingerprint density at radius 2 is 1.11 bits per heavy atom. The predicted octanol–water partition coefficient (Wildman–Crippen LogP) is 11.8. The number of carbonyl (C=O) groups excluding carboxylic acids is 4. The van der Waals surface area contributed by atoms with Crippen LogP contribution < -0.4 is 4.74 Å². The molecule has 0 spiro atoms. The second kappa shape index (κ2) is 29.0. The van der Waals surface area contributed by atoms with Gasteiger partial charge in [0.15, 0.2) is 0 Å². The van der Waals surface area contributed by atoms with Gasteiger partial charge in [0.1, 0.15) is 36.6 Å². The summed E-state index contributed by atoms with van der Waals surface area (Å²) in [6, 6.07) is 36.8. The van der Waals surface area contributed by atoms with E-state index in [0.29, 0.717) is 31.3 Å². The van der Waals surface area contributed by atoms with Gasteiger partial charge in [-0.25, -0.2) is 19.4 Å². The monoisotopic (exact) mass is 1060 g/mol. The largest absolute Gasteiger partial charge is 0.497 e. The van der Waals surface area contributed by atoms with Gasteiger partial charge in [-0.1, -0.05) is 159 Å². The molecule has 11 atom stereocenters. The van der Waals surface area contributed by atoms with Crippen molar-refractivity contribution in [1.82, 2.24) is 9.80 Å². The smallest absolute Gasteiger partial charge is 0.417 e. The van der Waals surface area contributed by atoms with Crippen molar-refractivity contribution in [3.05, 3.63) is 138 Å². The molecule has 73 heavy (non-hydrogen) atoms.